The summed E-state index contributed by atoms with van der Waals surface area (Å²) in [4.78, 5) is 23.5. The summed E-state index contributed by atoms with van der Waals surface area (Å²) >= 11 is 0. The van der Waals surface area contributed by atoms with Crippen LogP contribution in [-0.4, -0.2) is 17.9 Å². The molecular weight excluding hydrogens is 230 g/mol. The van der Waals surface area contributed by atoms with Crippen LogP contribution < -0.4 is 5.32 Å². The first-order valence-electron chi connectivity index (χ1n) is 6.25. The number of carbonyl (C=O) groups is 2. The van der Waals surface area contributed by atoms with Gasteiger partial charge in [0.2, 0.25) is 6.10 Å². The van der Waals surface area contributed by atoms with Gasteiger partial charge < -0.3 is 10.1 Å². The summed E-state index contributed by atoms with van der Waals surface area (Å²) in [6, 6.07) is 9.35. The van der Waals surface area contributed by atoms with E-state index in [2.05, 4.69) is 5.32 Å². The Bertz CT molecular complexity index is 426. The molecule has 1 amide bonds. The van der Waals surface area contributed by atoms with Crippen LogP contribution in [0.5, 0.6) is 0 Å². The van der Waals surface area contributed by atoms with E-state index in [9.17, 15) is 9.59 Å². The summed E-state index contributed by atoms with van der Waals surface area (Å²) in [5, 5.41) is 2.87. The number of carbonyl (C=O) groups excluding carboxylic acids is 2. The Labute approximate surface area is 106 Å². The van der Waals surface area contributed by atoms with Crippen LogP contribution in [0, 0.1) is 0 Å². The normalized spacial score (nSPS) is 15.8. The van der Waals surface area contributed by atoms with Gasteiger partial charge in [-0.1, -0.05) is 37.3 Å². The molecule has 1 aliphatic rings. The van der Waals surface area contributed by atoms with Crippen molar-refractivity contribution in [3.8, 4) is 0 Å². The highest BCUT2D eigenvalue weighted by Crippen LogP contribution is 2.23. The van der Waals surface area contributed by atoms with Crippen molar-refractivity contribution in [2.75, 3.05) is 0 Å². The number of hydrogen-bond donors (Lipinski definition) is 1. The molecule has 0 aliphatic heterocycles. The fourth-order valence-electron chi connectivity index (χ4n) is 1.62. The zero-order valence-corrected chi connectivity index (χ0v) is 10.4. The van der Waals surface area contributed by atoms with E-state index in [4.69, 9.17) is 4.74 Å². The first-order chi connectivity index (χ1) is 8.70. The molecule has 1 saturated carbocycles. The lowest BCUT2D eigenvalue weighted by molar-refractivity contribution is -0.156. The maximum Gasteiger partial charge on any atom is 0.306 e. The van der Waals surface area contributed by atoms with Crippen molar-refractivity contribution in [1.29, 1.82) is 0 Å². The van der Waals surface area contributed by atoms with Gasteiger partial charge in [-0.05, 0) is 12.8 Å². The average Bonchev–Trinajstić information content (AvgIpc) is 3.20. The fourth-order valence-corrected chi connectivity index (χ4v) is 1.62. The number of nitrogens with one attached hydrogen (secondary N) is 1. The molecule has 1 fully saturated rings. The molecule has 0 unspecified atom stereocenters. The molecule has 1 aromatic rings. The van der Waals surface area contributed by atoms with Crippen molar-refractivity contribution in [3.63, 3.8) is 0 Å². The van der Waals surface area contributed by atoms with Gasteiger partial charge in [-0.2, -0.15) is 0 Å². The summed E-state index contributed by atoms with van der Waals surface area (Å²) in [5.74, 6) is -0.597. The minimum atomic E-state index is -0.834. The number of amides is 1. The second-order valence-corrected chi connectivity index (χ2v) is 4.42. The molecule has 1 aliphatic carbocycles. The molecule has 0 saturated heterocycles. The number of hydrogen-bond acceptors (Lipinski definition) is 3. The summed E-state index contributed by atoms with van der Waals surface area (Å²) in [6.45, 7) is 1.71. The van der Waals surface area contributed by atoms with Crippen LogP contribution in [0.3, 0.4) is 0 Å². The van der Waals surface area contributed by atoms with E-state index < -0.39 is 6.10 Å². The van der Waals surface area contributed by atoms with Crippen LogP contribution in [0.2, 0.25) is 0 Å². The van der Waals surface area contributed by atoms with Crippen LogP contribution in [0.4, 0.5) is 0 Å². The van der Waals surface area contributed by atoms with Crippen molar-refractivity contribution in [1.82, 2.24) is 5.32 Å². The highest BCUT2D eigenvalue weighted by molar-refractivity contribution is 5.85. The fraction of sp³-hybridized carbons (Fsp3) is 0.429. The topological polar surface area (TPSA) is 55.4 Å². The van der Waals surface area contributed by atoms with Gasteiger partial charge >= 0.3 is 5.97 Å². The second-order valence-electron chi connectivity index (χ2n) is 4.42. The third-order valence-corrected chi connectivity index (χ3v) is 2.80. The van der Waals surface area contributed by atoms with Gasteiger partial charge in [-0.25, -0.2) is 0 Å². The Morgan fingerprint density at radius 3 is 2.56 bits per heavy atom. The Hall–Kier alpha value is -1.84. The van der Waals surface area contributed by atoms with Crippen molar-refractivity contribution in [3.05, 3.63) is 35.9 Å². The van der Waals surface area contributed by atoms with Gasteiger partial charge in [0.1, 0.15) is 0 Å². The third-order valence-electron chi connectivity index (χ3n) is 2.80. The quantitative estimate of drug-likeness (QED) is 0.809. The van der Waals surface area contributed by atoms with Gasteiger partial charge in [-0.3, -0.25) is 9.59 Å². The van der Waals surface area contributed by atoms with Crippen LogP contribution in [0.1, 0.15) is 37.9 Å². The van der Waals surface area contributed by atoms with E-state index in [1.807, 2.05) is 18.2 Å². The molecule has 0 bridgehead atoms. The smallest absolute Gasteiger partial charge is 0.306 e. The highest BCUT2D eigenvalue weighted by Gasteiger charge is 2.30. The van der Waals surface area contributed by atoms with Crippen LogP contribution >= 0.6 is 0 Å². The lowest BCUT2D eigenvalue weighted by Crippen LogP contribution is -2.33. The third kappa shape index (κ3) is 3.32. The Morgan fingerprint density at radius 1 is 1.33 bits per heavy atom. The molecule has 1 N–H and O–H groups in total. The van der Waals surface area contributed by atoms with E-state index in [1.165, 1.54) is 0 Å². The molecule has 96 valence electrons. The predicted molar refractivity (Wildman–Crippen MR) is 66.7 cm³/mol. The molecule has 4 heteroatoms. The molecule has 4 nitrogen and oxygen atoms in total. The summed E-state index contributed by atoms with van der Waals surface area (Å²) in [7, 11) is 0. The second kappa shape index (κ2) is 5.67. The van der Waals surface area contributed by atoms with Gasteiger partial charge in [-0.15, -0.1) is 0 Å². The monoisotopic (exact) mass is 247 g/mol. The predicted octanol–water partition coefficient (Wildman–Crippen LogP) is 1.96. The lowest BCUT2D eigenvalue weighted by Gasteiger charge is -2.17. The first-order valence-corrected chi connectivity index (χ1v) is 6.25. The van der Waals surface area contributed by atoms with Gasteiger partial charge in [0.25, 0.3) is 5.91 Å². The maximum absolute atomic E-state index is 12.1. The summed E-state index contributed by atoms with van der Waals surface area (Å²) in [6.07, 6.45) is 1.45. The van der Waals surface area contributed by atoms with Gasteiger partial charge in [0.05, 0.1) is 0 Å². The standard InChI is InChI=1S/C14H17NO3/c1-2-12(16)18-13(10-6-4-3-5-7-10)14(17)15-11-8-9-11/h3-7,11,13H,2,8-9H2,1H3,(H,15,17)/t13-/m0/s1. The number of esters is 1. The molecule has 18 heavy (non-hydrogen) atoms. The van der Waals surface area contributed by atoms with Crippen molar-refractivity contribution in [2.24, 2.45) is 0 Å². The zero-order valence-electron chi connectivity index (χ0n) is 10.4. The Balaban J connectivity index is 2.10. The number of rotatable bonds is 5. The largest absolute Gasteiger partial charge is 0.447 e. The lowest BCUT2D eigenvalue weighted by atomic mass is 10.1. The van der Waals surface area contributed by atoms with Crippen molar-refractivity contribution in [2.45, 2.75) is 38.3 Å². The maximum atomic E-state index is 12.1. The SMILES string of the molecule is CCC(=O)O[C@H](C(=O)NC1CC1)c1ccccc1. The molecule has 0 aromatic heterocycles. The Kier molecular flexibility index (Phi) is 3.97. The molecule has 0 radical (unpaired) electrons. The molecule has 0 heterocycles. The number of benzene rings is 1. The van der Waals surface area contributed by atoms with Crippen molar-refractivity contribution < 1.29 is 14.3 Å². The molecule has 2 rings (SSSR count). The van der Waals surface area contributed by atoms with E-state index in [-0.39, 0.29) is 24.3 Å². The van der Waals surface area contributed by atoms with Gasteiger partial charge in [0.15, 0.2) is 0 Å². The summed E-state index contributed by atoms with van der Waals surface area (Å²) < 4.78 is 5.23. The average molecular weight is 247 g/mol. The Morgan fingerprint density at radius 2 is 2.00 bits per heavy atom. The zero-order chi connectivity index (χ0) is 13.0. The van der Waals surface area contributed by atoms with Crippen LogP contribution in [0.25, 0.3) is 0 Å². The van der Waals surface area contributed by atoms with Crippen LogP contribution in [-0.2, 0) is 14.3 Å². The molecule has 1 aromatic carbocycles. The van der Waals surface area contributed by atoms with Crippen LogP contribution in [0.15, 0.2) is 30.3 Å². The van der Waals surface area contributed by atoms with E-state index in [0.717, 1.165) is 12.8 Å². The first kappa shape index (κ1) is 12.6. The minimum Gasteiger partial charge on any atom is -0.447 e. The number of ether oxygens (including phenoxy) is 1. The van der Waals surface area contributed by atoms with E-state index in [1.54, 1.807) is 19.1 Å². The van der Waals surface area contributed by atoms with E-state index >= 15 is 0 Å². The van der Waals surface area contributed by atoms with Gasteiger partial charge in [0, 0.05) is 18.0 Å². The summed E-state index contributed by atoms with van der Waals surface area (Å²) in [5.41, 5.74) is 0.706. The van der Waals surface area contributed by atoms with Crippen molar-refractivity contribution >= 4 is 11.9 Å². The molecular formula is C14H17NO3. The molecule has 1 atom stereocenters. The molecule has 0 spiro atoms. The minimum absolute atomic E-state index is 0.231. The van der Waals surface area contributed by atoms with E-state index in [0.29, 0.717) is 5.56 Å². The highest BCUT2D eigenvalue weighted by atomic mass is 16.5.